The number of benzene rings is 7. The van der Waals surface area contributed by atoms with Gasteiger partial charge in [-0.2, -0.15) is 8.42 Å². The van der Waals surface area contributed by atoms with Gasteiger partial charge in [0.2, 0.25) is 0 Å². The molecule has 33 heteroatoms. The van der Waals surface area contributed by atoms with Crippen molar-refractivity contribution in [2.24, 2.45) is 5.73 Å². The van der Waals surface area contributed by atoms with Gasteiger partial charge in [0.15, 0.2) is 0 Å². The van der Waals surface area contributed by atoms with Crippen LogP contribution in [0.15, 0.2) is 210 Å². The Morgan fingerprint density at radius 3 is 0.917 bits per heavy atom. The number of thiazole rings is 4. The number of amides is 6. The van der Waals surface area contributed by atoms with E-state index in [2.05, 4.69) is 58.8 Å². The van der Waals surface area contributed by atoms with Crippen LogP contribution in [-0.4, -0.2) is 65.8 Å². The van der Waals surface area contributed by atoms with Crippen LogP contribution in [0.1, 0.15) is 134 Å². The first kappa shape index (κ1) is 85.5. The molecule has 6 amide bonds. The van der Waals surface area contributed by atoms with Crippen LogP contribution < -0.4 is 42.4 Å². The highest BCUT2D eigenvalue weighted by molar-refractivity contribution is 8.93. The van der Waals surface area contributed by atoms with E-state index in [-0.39, 0.29) is 82.0 Å². The van der Waals surface area contributed by atoms with Gasteiger partial charge in [-0.25, -0.2) is 34.3 Å². The molecule has 10 N–H and O–H groups in total. The fraction of sp³-hybridized carbons (Fsp3) is 0.250. The number of aryl methyl sites for hydroxylation is 4. The lowest BCUT2D eigenvalue weighted by atomic mass is 10.1. The topological polar surface area (TPSA) is 397 Å². The number of nitrogens with zero attached hydrogens (tertiary/aromatic N) is 7. The molecule has 7 aromatic carbocycles. The van der Waals surface area contributed by atoms with E-state index >= 15 is 0 Å². The average Bonchev–Trinajstić information content (AvgIpc) is 1.79. The molecule has 0 aliphatic rings. The van der Waals surface area contributed by atoms with E-state index in [1.54, 1.807) is 72.0 Å². The standard InChI is InChI=1S/C21H24N4O4S2.2C21H22N4O3S.C13H15N3O2S.BrH/c1-2-17-14-30-20(23-17)19(24-21(26)22-13-16-6-4-3-5-7-16)12-15-8-10-18(11-9-15)25-31(27,28)29;2*1-2-17-14-29-20(23-17)19(12-15-8-10-18(11-9-15)25(27)28)24-21(26)22-13-16-6-4-3-5-7-16;1-2-10-8-19-13(15-10)12(14)7-9-3-5-11(6-4-9)16(17)18;/h3-11,14,19,25H,2,12-13H2,1H3,(H2,22,24,26)(H,27,28,29);2*3-11,14,19H,2,12-13H2,1H3,(H2,22,24,26);3-6,8,12H,2,7,14H2,1H3;1H/t3*19-;12-;/m0000./s1. The summed E-state index contributed by atoms with van der Waals surface area (Å²) >= 11 is 6.06. The number of urea groups is 3. The lowest BCUT2D eigenvalue weighted by Crippen LogP contribution is -2.38. The van der Waals surface area contributed by atoms with Crippen LogP contribution in [0, 0.1) is 30.3 Å². The Kier molecular flexibility index (Phi) is 34.4. The van der Waals surface area contributed by atoms with Crippen LogP contribution in [0.2, 0.25) is 0 Å². The molecule has 4 aromatic heterocycles. The molecular weight excluding hydrogens is 1560 g/mol. The molecule has 0 saturated carbocycles. The summed E-state index contributed by atoms with van der Waals surface area (Å²) in [6.45, 7) is 9.40. The molecule has 0 aliphatic carbocycles. The number of nitrogens with two attached hydrogens (primary N) is 1. The minimum absolute atomic E-state index is 0. The molecule has 11 rings (SSSR count). The van der Waals surface area contributed by atoms with Crippen LogP contribution in [0.4, 0.5) is 37.1 Å². The molecule has 4 atom stereocenters. The van der Waals surface area contributed by atoms with Crippen LogP contribution >= 0.6 is 62.3 Å². The zero-order chi connectivity index (χ0) is 77.4. The molecule has 27 nitrogen and oxygen atoms in total. The Balaban J connectivity index is 0.000000204. The van der Waals surface area contributed by atoms with Gasteiger partial charge in [0.1, 0.15) is 20.0 Å². The van der Waals surface area contributed by atoms with Crippen LogP contribution in [-0.2, 0) is 81.3 Å². The third kappa shape index (κ3) is 29.4. The van der Waals surface area contributed by atoms with E-state index in [1.165, 1.54) is 70.4 Å². The first-order valence-electron chi connectivity index (χ1n) is 34.3. The van der Waals surface area contributed by atoms with E-state index in [1.807, 2.05) is 138 Å². The fourth-order valence-electron chi connectivity index (χ4n) is 10.3. The number of non-ortho nitro benzene ring substituents is 3. The van der Waals surface area contributed by atoms with Gasteiger partial charge in [0.25, 0.3) is 17.1 Å². The number of hydrogen-bond acceptors (Lipinski definition) is 20. The first-order chi connectivity index (χ1) is 52.0. The van der Waals surface area contributed by atoms with Crippen molar-refractivity contribution in [1.29, 1.82) is 0 Å². The van der Waals surface area contributed by atoms with Crippen molar-refractivity contribution in [3.8, 4) is 0 Å². The number of carbonyl (C=O) groups excluding carboxylic acids is 3. The van der Waals surface area contributed by atoms with Gasteiger partial charge in [-0.05, 0) is 102 Å². The smallest absolute Gasteiger partial charge is 0.334 e. The third-order valence-electron chi connectivity index (χ3n) is 16.2. The predicted molar refractivity (Wildman–Crippen MR) is 433 cm³/mol. The normalized spacial score (nSPS) is 11.8. The second-order valence-electron chi connectivity index (χ2n) is 24.2. The molecule has 0 bridgehead atoms. The summed E-state index contributed by atoms with van der Waals surface area (Å²) in [4.78, 5) is 86.8. The van der Waals surface area contributed by atoms with Gasteiger partial charge < -0.3 is 37.6 Å². The lowest BCUT2D eigenvalue weighted by molar-refractivity contribution is -0.385. The SMILES string of the molecule is Br.CCc1csc([C@@H](N)Cc2ccc([N+](=O)[O-])cc2)n1.CCc1csc([C@H](Cc2ccc(NS(=O)(=O)O)cc2)NC(=O)NCc2ccccc2)n1.CCc1csc([C@H](Cc2ccc([N+](=O)[O-])cc2)NC(=O)NCc2ccccc2)n1.CCc1csc([C@H](Cc2ccc([N+](=O)[O-])cc2)NC(=O)NCc2ccccc2)n1. The summed E-state index contributed by atoms with van der Waals surface area (Å²) in [5.41, 5.74) is 17.2. The average molecular weight is 1640 g/mol. The number of nitrogens with one attached hydrogen (secondary N) is 7. The lowest BCUT2D eigenvalue weighted by Gasteiger charge is -2.18. The summed E-state index contributed by atoms with van der Waals surface area (Å²) in [5, 5.41) is 61.2. The van der Waals surface area contributed by atoms with E-state index in [4.69, 9.17) is 10.3 Å². The molecule has 4 heterocycles. The van der Waals surface area contributed by atoms with Crippen molar-refractivity contribution in [2.75, 3.05) is 4.72 Å². The highest BCUT2D eigenvalue weighted by atomic mass is 79.9. The van der Waals surface area contributed by atoms with Crippen molar-refractivity contribution in [2.45, 2.75) is 123 Å². The van der Waals surface area contributed by atoms with Crippen molar-refractivity contribution in [3.05, 3.63) is 322 Å². The monoisotopic (exact) mass is 1640 g/mol. The third-order valence-corrected chi connectivity index (χ3v) is 20.7. The maximum atomic E-state index is 12.5. The predicted octanol–water partition coefficient (Wildman–Crippen LogP) is 15.9. The second kappa shape index (κ2) is 43.9. The zero-order valence-corrected chi connectivity index (χ0v) is 65.7. The van der Waals surface area contributed by atoms with Gasteiger partial charge in [-0.3, -0.25) is 39.6 Å². The van der Waals surface area contributed by atoms with Gasteiger partial charge >= 0.3 is 28.4 Å². The van der Waals surface area contributed by atoms with E-state index < -0.39 is 25.1 Å². The second-order valence-corrected chi connectivity index (χ2v) is 28.9. The van der Waals surface area contributed by atoms with E-state index in [0.717, 1.165) is 107 Å². The highest BCUT2D eigenvalue weighted by Crippen LogP contribution is 2.29. The first-order valence-corrected chi connectivity index (χ1v) is 39.3. The molecule has 0 saturated heterocycles. The van der Waals surface area contributed by atoms with Crippen LogP contribution in [0.25, 0.3) is 0 Å². The van der Waals surface area contributed by atoms with Crippen LogP contribution in [0.3, 0.4) is 0 Å². The van der Waals surface area contributed by atoms with E-state index in [9.17, 15) is 53.1 Å². The number of nitro groups is 3. The Hall–Kier alpha value is -10.8. The molecule has 0 spiro atoms. The minimum atomic E-state index is -4.33. The number of nitro benzene ring substituents is 3. The molecule has 0 unspecified atom stereocenters. The van der Waals surface area contributed by atoms with Gasteiger partial charge in [0.05, 0.1) is 67.4 Å². The Morgan fingerprint density at radius 2 is 0.661 bits per heavy atom. The number of hydrogen-bond donors (Lipinski definition) is 9. The van der Waals surface area contributed by atoms with Gasteiger partial charge in [-0.1, -0.05) is 167 Å². The minimum Gasteiger partial charge on any atom is -0.334 e. The summed E-state index contributed by atoms with van der Waals surface area (Å²) < 4.78 is 32.8. The maximum absolute atomic E-state index is 12.5. The van der Waals surface area contributed by atoms with E-state index in [0.29, 0.717) is 45.3 Å². The highest BCUT2D eigenvalue weighted by Gasteiger charge is 2.24. The molecule has 11 aromatic rings. The van der Waals surface area contributed by atoms with Crippen molar-refractivity contribution < 1.29 is 42.1 Å². The Labute approximate surface area is 657 Å². The number of rotatable bonds is 30. The maximum Gasteiger partial charge on any atom is 0.357 e. The van der Waals surface area contributed by atoms with Crippen molar-refractivity contribution in [1.82, 2.24) is 51.8 Å². The summed E-state index contributed by atoms with van der Waals surface area (Å²) in [5.74, 6) is 0. The molecule has 0 radical (unpaired) electrons. The fourth-order valence-corrected chi connectivity index (χ4v) is 14.5. The number of aromatic nitrogens is 4. The Bertz CT molecular complexity index is 4620. The van der Waals surface area contributed by atoms with Crippen LogP contribution in [0.5, 0.6) is 0 Å². The summed E-state index contributed by atoms with van der Waals surface area (Å²) in [6, 6.07) is 52.8. The van der Waals surface area contributed by atoms with Crippen molar-refractivity contribution >= 4 is 113 Å². The number of carbonyl (C=O) groups is 3. The number of halogens is 1. The molecule has 109 heavy (non-hydrogen) atoms. The van der Waals surface area contributed by atoms with Gasteiger partial charge in [-0.15, -0.1) is 62.3 Å². The number of anilines is 1. The largest absolute Gasteiger partial charge is 0.357 e. The molecule has 0 aliphatic heterocycles. The zero-order valence-electron chi connectivity index (χ0n) is 59.9. The molecule has 572 valence electrons. The summed E-state index contributed by atoms with van der Waals surface area (Å²) in [6.07, 6.45) is 5.44. The van der Waals surface area contributed by atoms with Gasteiger partial charge in [0, 0.05) is 77.6 Å². The Morgan fingerprint density at radius 1 is 0.404 bits per heavy atom. The quantitative estimate of drug-likeness (QED) is 0.0115. The van der Waals surface area contributed by atoms with Crippen molar-refractivity contribution in [3.63, 3.8) is 0 Å². The molecular formula is C76H84BrN15O12S5. The molecule has 0 fully saturated rings. The summed E-state index contributed by atoms with van der Waals surface area (Å²) in [7, 11) is -4.33.